The summed E-state index contributed by atoms with van der Waals surface area (Å²) >= 11 is 0. The van der Waals surface area contributed by atoms with Crippen LogP contribution in [0, 0.1) is 0 Å². The number of rotatable bonds is 4. The van der Waals surface area contributed by atoms with Crippen LogP contribution in [0.25, 0.3) is 11.3 Å². The second-order valence-electron chi connectivity index (χ2n) is 8.15. The van der Waals surface area contributed by atoms with Crippen LogP contribution in [0.4, 0.5) is 0 Å². The first-order chi connectivity index (χ1) is 13.2. The molecule has 0 aliphatic carbocycles. The van der Waals surface area contributed by atoms with Gasteiger partial charge in [-0.3, -0.25) is 14.5 Å². The molecule has 0 saturated carbocycles. The summed E-state index contributed by atoms with van der Waals surface area (Å²) in [6, 6.07) is 10.7. The molecule has 5 heteroatoms. The molecule has 1 aromatic carbocycles. The number of hydrogen-bond donors (Lipinski definition) is 1. The van der Waals surface area contributed by atoms with Crippen LogP contribution in [-0.4, -0.2) is 63.0 Å². The second-order valence-corrected chi connectivity index (χ2v) is 8.15. The molecule has 146 valence electrons. The molecule has 1 N–H and O–H groups in total. The molecule has 5 nitrogen and oxygen atoms in total. The average molecular weight is 369 g/mol. The molecule has 1 aromatic heterocycles. The van der Waals surface area contributed by atoms with Crippen LogP contribution in [0.1, 0.15) is 37.7 Å². The van der Waals surface area contributed by atoms with Gasteiger partial charge in [0.2, 0.25) is 0 Å². The van der Waals surface area contributed by atoms with Gasteiger partial charge in [0.05, 0.1) is 11.8 Å². The maximum absolute atomic E-state index is 10.8. The van der Waals surface area contributed by atoms with E-state index in [0.717, 1.165) is 50.4 Å². The highest BCUT2D eigenvalue weighted by molar-refractivity contribution is 5.62. The van der Waals surface area contributed by atoms with Crippen LogP contribution in [0.15, 0.2) is 36.5 Å². The molecular formula is C22H32N4O. The van der Waals surface area contributed by atoms with Crippen LogP contribution < -0.4 is 0 Å². The van der Waals surface area contributed by atoms with Gasteiger partial charge in [0.25, 0.3) is 0 Å². The number of hydrogen-bond acceptors (Lipinski definition) is 4. The van der Waals surface area contributed by atoms with Crippen LogP contribution >= 0.6 is 0 Å². The summed E-state index contributed by atoms with van der Waals surface area (Å²) in [6.07, 6.45) is 8.17. The first-order valence-corrected chi connectivity index (χ1v) is 10.4. The molecule has 4 rings (SSSR count). The molecule has 2 aliphatic heterocycles. The van der Waals surface area contributed by atoms with Gasteiger partial charge in [-0.1, -0.05) is 43.2 Å². The summed E-state index contributed by atoms with van der Waals surface area (Å²) in [5.41, 5.74) is 3.46. The summed E-state index contributed by atoms with van der Waals surface area (Å²) in [7, 11) is 1.98. The predicted molar refractivity (Wildman–Crippen MR) is 108 cm³/mol. The van der Waals surface area contributed by atoms with Crippen LogP contribution in [0.5, 0.6) is 0 Å². The zero-order chi connectivity index (χ0) is 18.6. The van der Waals surface area contributed by atoms with Gasteiger partial charge >= 0.3 is 0 Å². The lowest BCUT2D eigenvalue weighted by Crippen LogP contribution is -2.54. The smallest absolute Gasteiger partial charge is 0.0968 e. The Bertz CT molecular complexity index is 721. The zero-order valence-corrected chi connectivity index (χ0v) is 16.4. The summed E-state index contributed by atoms with van der Waals surface area (Å²) in [5.74, 6) is 0. The summed E-state index contributed by atoms with van der Waals surface area (Å²) in [6.45, 7) is 4.96. The highest BCUT2D eigenvalue weighted by atomic mass is 16.3. The van der Waals surface area contributed by atoms with Gasteiger partial charge in [-0.2, -0.15) is 5.10 Å². The predicted octanol–water partition coefficient (Wildman–Crippen LogP) is 2.90. The molecule has 2 aromatic rings. The lowest BCUT2D eigenvalue weighted by Gasteiger charge is -2.41. The van der Waals surface area contributed by atoms with Crippen LogP contribution in [-0.2, 0) is 13.6 Å². The van der Waals surface area contributed by atoms with Crippen molar-refractivity contribution in [2.24, 2.45) is 7.05 Å². The number of benzene rings is 1. The van der Waals surface area contributed by atoms with E-state index in [-0.39, 0.29) is 6.10 Å². The number of nitrogens with zero attached hydrogens (tertiary/aromatic N) is 4. The number of likely N-dealkylation sites (tertiary alicyclic amines) is 2. The number of β-amino-alcohol motifs (C(OH)–C–C–N with tert-alkyl or cyclic N) is 1. The van der Waals surface area contributed by atoms with E-state index in [9.17, 15) is 5.11 Å². The van der Waals surface area contributed by atoms with Crippen molar-refractivity contribution in [3.05, 3.63) is 42.1 Å². The minimum absolute atomic E-state index is 0.256. The van der Waals surface area contributed by atoms with E-state index < -0.39 is 0 Å². The van der Waals surface area contributed by atoms with Crippen molar-refractivity contribution in [1.82, 2.24) is 19.6 Å². The maximum atomic E-state index is 10.8. The SMILES string of the molecule is Cn1cc(CN2CC[C@@H](N3CCCCCC3)[C@H](O)C2)c(-c2ccccc2)n1. The Hall–Kier alpha value is -1.69. The molecule has 0 amide bonds. The fourth-order valence-corrected chi connectivity index (χ4v) is 4.71. The van der Waals surface area contributed by atoms with Gasteiger partial charge in [0.1, 0.15) is 0 Å². The van der Waals surface area contributed by atoms with Crippen molar-refractivity contribution >= 4 is 0 Å². The molecular weight excluding hydrogens is 336 g/mol. The molecule has 27 heavy (non-hydrogen) atoms. The minimum Gasteiger partial charge on any atom is -0.390 e. The molecule has 0 unspecified atom stereocenters. The Kier molecular flexibility index (Phi) is 5.91. The quantitative estimate of drug-likeness (QED) is 0.901. The Morgan fingerprint density at radius 2 is 1.78 bits per heavy atom. The molecule has 2 fully saturated rings. The zero-order valence-electron chi connectivity index (χ0n) is 16.4. The summed E-state index contributed by atoms with van der Waals surface area (Å²) in [5, 5.41) is 15.5. The lowest BCUT2D eigenvalue weighted by atomic mass is 9.98. The number of piperidine rings is 1. The molecule has 0 bridgehead atoms. The third kappa shape index (κ3) is 4.42. The summed E-state index contributed by atoms with van der Waals surface area (Å²) < 4.78 is 1.90. The highest BCUT2D eigenvalue weighted by Gasteiger charge is 2.32. The third-order valence-electron chi connectivity index (χ3n) is 6.09. The van der Waals surface area contributed by atoms with Crippen molar-refractivity contribution in [1.29, 1.82) is 0 Å². The normalized spacial score (nSPS) is 25.4. The Labute approximate surface area is 162 Å². The number of aromatic nitrogens is 2. The molecule has 3 heterocycles. The molecule has 2 saturated heterocycles. The largest absolute Gasteiger partial charge is 0.390 e. The minimum atomic E-state index is -0.256. The first-order valence-electron chi connectivity index (χ1n) is 10.4. The molecule has 2 aliphatic rings. The number of aryl methyl sites for hydroxylation is 1. The third-order valence-corrected chi connectivity index (χ3v) is 6.09. The van der Waals surface area contributed by atoms with Crippen molar-refractivity contribution < 1.29 is 5.11 Å². The molecule has 0 radical (unpaired) electrons. The number of aliphatic hydroxyl groups excluding tert-OH is 1. The van der Waals surface area contributed by atoms with Crippen molar-refractivity contribution in [2.45, 2.75) is 50.8 Å². The van der Waals surface area contributed by atoms with E-state index in [2.05, 4.69) is 45.4 Å². The summed E-state index contributed by atoms with van der Waals surface area (Å²) in [4.78, 5) is 4.94. The Morgan fingerprint density at radius 1 is 1.04 bits per heavy atom. The fourth-order valence-electron chi connectivity index (χ4n) is 4.71. The topological polar surface area (TPSA) is 44.5 Å². The fraction of sp³-hybridized carbons (Fsp3) is 0.591. The van der Waals surface area contributed by atoms with E-state index in [1.807, 2.05) is 17.8 Å². The van der Waals surface area contributed by atoms with Gasteiger partial charge < -0.3 is 5.11 Å². The molecule has 2 atom stereocenters. The van der Waals surface area contributed by atoms with Gasteiger partial charge in [-0.15, -0.1) is 0 Å². The Balaban J connectivity index is 1.42. The van der Waals surface area contributed by atoms with E-state index >= 15 is 0 Å². The Morgan fingerprint density at radius 3 is 2.48 bits per heavy atom. The van der Waals surface area contributed by atoms with Gasteiger partial charge in [-0.05, 0) is 32.4 Å². The highest BCUT2D eigenvalue weighted by Crippen LogP contribution is 2.26. The van der Waals surface area contributed by atoms with Crippen LogP contribution in [0.3, 0.4) is 0 Å². The van der Waals surface area contributed by atoms with Crippen LogP contribution in [0.2, 0.25) is 0 Å². The first kappa shape index (κ1) is 18.7. The van der Waals surface area contributed by atoms with E-state index in [0.29, 0.717) is 6.04 Å². The van der Waals surface area contributed by atoms with Gasteiger partial charge in [-0.25, -0.2) is 0 Å². The van der Waals surface area contributed by atoms with E-state index in [1.54, 1.807) is 0 Å². The van der Waals surface area contributed by atoms with E-state index in [1.165, 1.54) is 31.2 Å². The molecule has 0 spiro atoms. The standard InChI is InChI=1S/C22H32N4O/c1-24-15-19(22(23-24)18-9-5-4-6-10-18)16-25-14-11-20(21(27)17-25)26-12-7-2-3-8-13-26/h4-6,9-10,15,20-21,27H,2-3,7-8,11-14,16-17H2,1H3/t20-,21-/m1/s1. The maximum Gasteiger partial charge on any atom is 0.0968 e. The lowest BCUT2D eigenvalue weighted by molar-refractivity contribution is -0.0143. The second kappa shape index (κ2) is 8.55. The van der Waals surface area contributed by atoms with Crippen molar-refractivity contribution in [3.63, 3.8) is 0 Å². The van der Waals surface area contributed by atoms with Gasteiger partial charge in [0, 0.05) is 50.0 Å². The van der Waals surface area contributed by atoms with Crippen molar-refractivity contribution in [2.75, 3.05) is 26.2 Å². The average Bonchev–Trinajstić information content (AvgIpc) is 2.87. The number of aliphatic hydroxyl groups is 1. The van der Waals surface area contributed by atoms with E-state index in [4.69, 9.17) is 0 Å². The monoisotopic (exact) mass is 368 g/mol. The van der Waals surface area contributed by atoms with Crippen molar-refractivity contribution in [3.8, 4) is 11.3 Å². The van der Waals surface area contributed by atoms with Gasteiger partial charge in [0.15, 0.2) is 0 Å².